The van der Waals surface area contributed by atoms with Crippen LogP contribution in [0, 0.1) is 6.92 Å². The summed E-state index contributed by atoms with van der Waals surface area (Å²) in [5, 5.41) is 0. The van der Waals surface area contributed by atoms with Crippen molar-refractivity contribution in [2.75, 3.05) is 0 Å². The van der Waals surface area contributed by atoms with E-state index in [2.05, 4.69) is 16.9 Å². The van der Waals surface area contributed by atoms with Crippen LogP contribution in [0.3, 0.4) is 0 Å². The second kappa shape index (κ2) is 4.12. The summed E-state index contributed by atoms with van der Waals surface area (Å²) in [4.78, 5) is 26.7. The van der Waals surface area contributed by atoms with Gasteiger partial charge in [0, 0.05) is 5.56 Å². The van der Waals surface area contributed by atoms with Gasteiger partial charge in [-0.2, -0.15) is 9.98 Å². The average Bonchev–Trinajstić information content (AvgIpc) is 2.13. The number of aliphatic imine (C=N–C) groups is 2. The van der Waals surface area contributed by atoms with Gasteiger partial charge in [0.15, 0.2) is 0 Å². The molecule has 1 radical (unpaired) electrons. The van der Waals surface area contributed by atoms with Crippen molar-refractivity contribution in [3.8, 4) is 0 Å². The topological polar surface area (TPSA) is 58.9 Å². The molecule has 0 amide bonds. The Balaban J connectivity index is 3.33. The standard InChI is InChI=1S/C9H5N2O2/c1-7-8(10-5-12)3-2-4-9(7)11-6-13/h2-4H,1H2. The maximum atomic E-state index is 9.97. The molecule has 0 aliphatic rings. The third-order valence-electron chi connectivity index (χ3n) is 1.46. The molecule has 0 N–H and O–H groups in total. The van der Waals surface area contributed by atoms with E-state index < -0.39 is 0 Å². The van der Waals surface area contributed by atoms with E-state index in [9.17, 15) is 9.59 Å². The highest BCUT2D eigenvalue weighted by atomic mass is 16.1. The van der Waals surface area contributed by atoms with E-state index in [1.807, 2.05) is 0 Å². The van der Waals surface area contributed by atoms with Gasteiger partial charge in [-0.1, -0.05) is 6.07 Å². The lowest BCUT2D eigenvalue weighted by atomic mass is 10.1. The highest BCUT2D eigenvalue weighted by Gasteiger charge is 2.00. The predicted octanol–water partition coefficient (Wildman–Crippen LogP) is 1.80. The van der Waals surface area contributed by atoms with Crippen molar-refractivity contribution in [1.29, 1.82) is 0 Å². The quantitative estimate of drug-likeness (QED) is 0.505. The summed E-state index contributed by atoms with van der Waals surface area (Å²) in [7, 11) is 0. The molecule has 63 valence electrons. The second-order valence-electron chi connectivity index (χ2n) is 2.18. The van der Waals surface area contributed by atoms with Crippen LogP contribution < -0.4 is 0 Å². The van der Waals surface area contributed by atoms with Crippen molar-refractivity contribution in [1.82, 2.24) is 0 Å². The molecule has 0 saturated carbocycles. The Morgan fingerprint density at radius 3 is 1.92 bits per heavy atom. The summed E-state index contributed by atoms with van der Waals surface area (Å²) in [6.07, 6.45) is 2.78. The van der Waals surface area contributed by atoms with Gasteiger partial charge in [-0.05, 0) is 19.1 Å². The second-order valence-corrected chi connectivity index (χ2v) is 2.18. The van der Waals surface area contributed by atoms with E-state index in [1.165, 1.54) is 12.2 Å². The van der Waals surface area contributed by atoms with E-state index in [0.717, 1.165) is 0 Å². The van der Waals surface area contributed by atoms with Gasteiger partial charge in [0.05, 0.1) is 11.4 Å². The molecule has 0 heterocycles. The molecule has 0 atom stereocenters. The van der Waals surface area contributed by atoms with E-state index in [4.69, 9.17) is 0 Å². The fraction of sp³-hybridized carbons (Fsp3) is 0. The Hall–Kier alpha value is -2.02. The lowest BCUT2D eigenvalue weighted by Crippen LogP contribution is -1.75. The first kappa shape index (κ1) is 9.07. The van der Waals surface area contributed by atoms with Crippen LogP contribution in [-0.2, 0) is 9.59 Å². The average molecular weight is 173 g/mol. The molecule has 0 spiro atoms. The lowest BCUT2D eigenvalue weighted by Gasteiger charge is -1.99. The summed E-state index contributed by atoms with van der Waals surface area (Å²) < 4.78 is 0. The van der Waals surface area contributed by atoms with Crippen LogP contribution in [0.1, 0.15) is 5.56 Å². The van der Waals surface area contributed by atoms with E-state index in [-0.39, 0.29) is 0 Å². The molecule has 1 rings (SSSR count). The van der Waals surface area contributed by atoms with Crippen LogP contribution in [0.2, 0.25) is 0 Å². The van der Waals surface area contributed by atoms with Crippen LogP contribution in [0.4, 0.5) is 11.4 Å². The van der Waals surface area contributed by atoms with Crippen molar-refractivity contribution in [2.24, 2.45) is 9.98 Å². The Morgan fingerprint density at radius 1 is 1.08 bits per heavy atom. The summed E-state index contributed by atoms with van der Waals surface area (Å²) in [6, 6.07) is 4.77. The Morgan fingerprint density at radius 2 is 1.54 bits per heavy atom. The van der Waals surface area contributed by atoms with Crippen molar-refractivity contribution in [3.63, 3.8) is 0 Å². The molecule has 1 aromatic rings. The van der Waals surface area contributed by atoms with Crippen molar-refractivity contribution >= 4 is 23.5 Å². The molecule has 0 aromatic heterocycles. The number of isocyanates is 2. The zero-order valence-electron chi connectivity index (χ0n) is 6.65. The number of carbonyl (C=O) groups excluding carboxylic acids is 2. The first-order valence-electron chi connectivity index (χ1n) is 3.40. The summed E-state index contributed by atoms with van der Waals surface area (Å²) >= 11 is 0. The van der Waals surface area contributed by atoms with Gasteiger partial charge in [0.1, 0.15) is 0 Å². The molecular formula is C9H5N2O2. The fourth-order valence-corrected chi connectivity index (χ4v) is 0.871. The minimum Gasteiger partial charge on any atom is -0.211 e. The molecule has 13 heavy (non-hydrogen) atoms. The largest absolute Gasteiger partial charge is 0.240 e. The number of hydrogen-bond acceptors (Lipinski definition) is 4. The van der Waals surface area contributed by atoms with Crippen molar-refractivity contribution < 1.29 is 9.59 Å². The number of rotatable bonds is 2. The van der Waals surface area contributed by atoms with Gasteiger partial charge in [-0.3, -0.25) is 0 Å². The maximum Gasteiger partial charge on any atom is 0.240 e. The van der Waals surface area contributed by atoms with Gasteiger partial charge >= 0.3 is 0 Å². The summed E-state index contributed by atoms with van der Waals surface area (Å²) in [6.45, 7) is 3.61. The predicted molar refractivity (Wildman–Crippen MR) is 46.5 cm³/mol. The van der Waals surface area contributed by atoms with E-state index in [1.54, 1.807) is 18.2 Å². The van der Waals surface area contributed by atoms with Crippen molar-refractivity contribution in [2.45, 2.75) is 0 Å². The zero-order valence-corrected chi connectivity index (χ0v) is 6.65. The third-order valence-corrected chi connectivity index (χ3v) is 1.46. The van der Waals surface area contributed by atoms with Crippen LogP contribution in [-0.4, -0.2) is 12.2 Å². The minimum absolute atomic E-state index is 0.353. The third kappa shape index (κ3) is 1.97. The van der Waals surface area contributed by atoms with Crippen LogP contribution in [0.25, 0.3) is 0 Å². The molecule has 0 aliphatic carbocycles. The first-order chi connectivity index (χ1) is 6.29. The molecular weight excluding hydrogens is 168 g/mol. The highest BCUT2D eigenvalue weighted by molar-refractivity contribution is 5.66. The molecule has 0 fully saturated rings. The van der Waals surface area contributed by atoms with Gasteiger partial charge < -0.3 is 0 Å². The van der Waals surface area contributed by atoms with Gasteiger partial charge in [-0.25, -0.2) is 9.59 Å². The number of nitrogens with zero attached hydrogens (tertiary/aromatic N) is 2. The van der Waals surface area contributed by atoms with E-state index in [0.29, 0.717) is 16.9 Å². The van der Waals surface area contributed by atoms with Crippen LogP contribution >= 0.6 is 0 Å². The molecule has 0 aliphatic heterocycles. The molecule has 1 aromatic carbocycles. The molecule has 4 heteroatoms. The Kier molecular flexibility index (Phi) is 2.87. The zero-order chi connectivity index (χ0) is 9.68. The van der Waals surface area contributed by atoms with Crippen LogP contribution in [0.15, 0.2) is 28.2 Å². The molecule has 0 bridgehead atoms. The normalized spacial score (nSPS) is 8.38. The smallest absolute Gasteiger partial charge is 0.211 e. The Labute approximate surface area is 74.6 Å². The van der Waals surface area contributed by atoms with Gasteiger partial charge in [0.2, 0.25) is 12.2 Å². The number of benzene rings is 1. The summed E-state index contributed by atoms with van der Waals surface area (Å²) in [5.74, 6) is 0. The van der Waals surface area contributed by atoms with Gasteiger partial charge in [0.25, 0.3) is 0 Å². The lowest BCUT2D eigenvalue weighted by molar-refractivity contribution is 0.565. The van der Waals surface area contributed by atoms with Gasteiger partial charge in [-0.15, -0.1) is 0 Å². The molecule has 4 nitrogen and oxygen atoms in total. The fourth-order valence-electron chi connectivity index (χ4n) is 0.871. The maximum absolute atomic E-state index is 9.97. The molecule has 0 saturated heterocycles. The Bertz CT molecular complexity index is 377. The minimum atomic E-state index is 0.353. The SMILES string of the molecule is [CH2]c1c(N=C=O)cccc1N=C=O. The highest BCUT2D eigenvalue weighted by Crippen LogP contribution is 2.26. The first-order valence-corrected chi connectivity index (χ1v) is 3.40. The van der Waals surface area contributed by atoms with Crippen LogP contribution in [0.5, 0.6) is 0 Å². The van der Waals surface area contributed by atoms with Crippen molar-refractivity contribution in [3.05, 3.63) is 30.7 Å². The number of hydrogen-bond donors (Lipinski definition) is 0. The van der Waals surface area contributed by atoms with E-state index >= 15 is 0 Å². The summed E-state index contributed by atoms with van der Waals surface area (Å²) in [5.41, 5.74) is 1.12. The molecule has 0 unspecified atom stereocenters. The monoisotopic (exact) mass is 173 g/mol.